The van der Waals surface area contributed by atoms with Crippen LogP contribution in [-0.4, -0.2) is 13.4 Å². The van der Waals surface area contributed by atoms with Gasteiger partial charge in [-0.1, -0.05) is 23.2 Å². The fourth-order valence-electron chi connectivity index (χ4n) is 1.33. The molecule has 1 aromatic heterocycles. The second-order valence-corrected chi connectivity index (χ2v) is 5.96. The maximum Gasteiger partial charge on any atom is 0.282 e. The molecule has 0 amide bonds. The summed E-state index contributed by atoms with van der Waals surface area (Å²) in [4.78, 5) is 3.50. The largest absolute Gasteiger partial charge is 0.282 e. The van der Waals surface area contributed by atoms with E-state index in [0.717, 1.165) is 6.07 Å². The number of benzene rings is 1. The summed E-state index contributed by atoms with van der Waals surface area (Å²) in [6, 6.07) is 6.51. The van der Waals surface area contributed by atoms with Crippen molar-refractivity contribution in [2.45, 2.75) is 5.03 Å². The molecule has 0 unspecified atom stereocenters. The molecule has 19 heavy (non-hydrogen) atoms. The van der Waals surface area contributed by atoms with Crippen molar-refractivity contribution in [3.63, 3.8) is 0 Å². The molecule has 8 heteroatoms. The molecule has 0 aliphatic carbocycles. The van der Waals surface area contributed by atoms with Crippen LogP contribution < -0.4 is 4.72 Å². The first-order valence-corrected chi connectivity index (χ1v) is 7.22. The average Bonchev–Trinajstić information content (AvgIpc) is 2.33. The Hall–Kier alpha value is -1.37. The van der Waals surface area contributed by atoms with Gasteiger partial charge in [-0.05, 0) is 30.3 Å². The van der Waals surface area contributed by atoms with Crippen molar-refractivity contribution in [1.82, 2.24) is 4.98 Å². The van der Waals surface area contributed by atoms with Crippen LogP contribution >= 0.6 is 23.2 Å². The van der Waals surface area contributed by atoms with Crippen LogP contribution in [0.2, 0.25) is 10.0 Å². The van der Waals surface area contributed by atoms with Crippen molar-refractivity contribution in [2.24, 2.45) is 0 Å². The van der Waals surface area contributed by atoms with Crippen LogP contribution in [0, 0.1) is 5.82 Å². The second kappa shape index (κ2) is 5.32. The fraction of sp³-hybridized carbons (Fsp3) is 0. The van der Waals surface area contributed by atoms with Gasteiger partial charge in [0.25, 0.3) is 10.0 Å². The number of pyridine rings is 1. The average molecular weight is 321 g/mol. The van der Waals surface area contributed by atoms with E-state index >= 15 is 0 Å². The molecule has 0 saturated carbocycles. The molecule has 100 valence electrons. The first-order valence-electron chi connectivity index (χ1n) is 4.98. The SMILES string of the molecule is O=S(=O)(Nc1ccc(Cl)cc1Cl)c1ncccc1F. The van der Waals surface area contributed by atoms with Crippen LogP contribution in [0.4, 0.5) is 10.1 Å². The fourth-order valence-corrected chi connectivity index (χ4v) is 2.93. The topological polar surface area (TPSA) is 59.1 Å². The lowest BCUT2D eigenvalue weighted by Crippen LogP contribution is -2.16. The van der Waals surface area contributed by atoms with Gasteiger partial charge >= 0.3 is 0 Å². The lowest BCUT2D eigenvalue weighted by Gasteiger charge is -2.09. The van der Waals surface area contributed by atoms with E-state index in [1.165, 1.54) is 30.5 Å². The molecule has 0 spiro atoms. The summed E-state index contributed by atoms with van der Waals surface area (Å²) in [5, 5.41) is -0.231. The van der Waals surface area contributed by atoms with Crippen molar-refractivity contribution in [2.75, 3.05) is 4.72 Å². The Morgan fingerprint density at radius 3 is 2.58 bits per heavy atom. The van der Waals surface area contributed by atoms with Gasteiger partial charge in [0.1, 0.15) is 0 Å². The number of nitrogens with zero attached hydrogens (tertiary/aromatic N) is 1. The lowest BCUT2D eigenvalue weighted by molar-refractivity contribution is 0.557. The Morgan fingerprint density at radius 2 is 1.95 bits per heavy atom. The summed E-state index contributed by atoms with van der Waals surface area (Å²) in [7, 11) is -4.14. The number of anilines is 1. The highest BCUT2D eigenvalue weighted by molar-refractivity contribution is 7.92. The highest BCUT2D eigenvalue weighted by atomic mass is 35.5. The van der Waals surface area contributed by atoms with Crippen LogP contribution in [0.1, 0.15) is 0 Å². The maximum absolute atomic E-state index is 13.4. The standard InChI is InChI=1S/C11H7Cl2FN2O2S/c12-7-3-4-10(8(13)6-7)16-19(17,18)11-9(14)2-1-5-15-11/h1-6,16H. The van der Waals surface area contributed by atoms with Crippen molar-refractivity contribution in [3.05, 3.63) is 52.4 Å². The van der Waals surface area contributed by atoms with Crippen LogP contribution in [0.3, 0.4) is 0 Å². The number of nitrogens with one attached hydrogen (secondary N) is 1. The van der Waals surface area contributed by atoms with Crippen molar-refractivity contribution in [3.8, 4) is 0 Å². The number of aromatic nitrogens is 1. The molecule has 0 radical (unpaired) electrons. The predicted molar refractivity (Wildman–Crippen MR) is 71.5 cm³/mol. The van der Waals surface area contributed by atoms with Crippen molar-refractivity contribution >= 4 is 38.9 Å². The molecule has 0 saturated heterocycles. The number of hydrogen-bond acceptors (Lipinski definition) is 3. The van der Waals surface area contributed by atoms with Crippen LogP contribution in [0.25, 0.3) is 0 Å². The first kappa shape index (κ1) is 14.0. The molecule has 1 heterocycles. The Labute approximate surface area is 119 Å². The number of halogens is 3. The van der Waals surface area contributed by atoms with E-state index in [4.69, 9.17) is 23.2 Å². The Bertz CT molecular complexity index is 722. The van der Waals surface area contributed by atoms with Gasteiger partial charge in [0.05, 0.1) is 10.7 Å². The minimum absolute atomic E-state index is 0.0936. The minimum Gasteiger partial charge on any atom is -0.277 e. The first-order chi connectivity index (χ1) is 8.90. The van der Waals surface area contributed by atoms with Crippen molar-refractivity contribution in [1.29, 1.82) is 0 Å². The zero-order valence-electron chi connectivity index (χ0n) is 9.27. The highest BCUT2D eigenvalue weighted by Crippen LogP contribution is 2.27. The second-order valence-electron chi connectivity index (χ2n) is 3.52. The third kappa shape index (κ3) is 3.15. The molecule has 0 aliphatic heterocycles. The number of sulfonamides is 1. The molecule has 0 bridgehead atoms. The molecule has 1 N–H and O–H groups in total. The summed E-state index contributed by atoms with van der Waals surface area (Å²) in [5.74, 6) is -0.944. The van der Waals surface area contributed by atoms with Gasteiger partial charge in [-0.2, -0.15) is 8.42 Å². The van der Waals surface area contributed by atoms with E-state index in [1.54, 1.807) is 0 Å². The molecular formula is C11H7Cl2FN2O2S. The zero-order chi connectivity index (χ0) is 14.0. The molecule has 0 aliphatic rings. The van der Waals surface area contributed by atoms with Gasteiger partial charge in [0.15, 0.2) is 5.82 Å². The minimum atomic E-state index is -4.14. The van der Waals surface area contributed by atoms with Gasteiger partial charge in [-0.3, -0.25) is 4.72 Å². The summed E-state index contributed by atoms with van der Waals surface area (Å²) >= 11 is 11.5. The third-order valence-electron chi connectivity index (χ3n) is 2.15. The lowest BCUT2D eigenvalue weighted by atomic mass is 10.3. The molecule has 2 aromatic rings. The normalized spacial score (nSPS) is 11.3. The summed E-state index contributed by atoms with van der Waals surface area (Å²) in [6.45, 7) is 0. The smallest absolute Gasteiger partial charge is 0.277 e. The Kier molecular flexibility index (Phi) is 3.93. The van der Waals surface area contributed by atoms with E-state index in [2.05, 4.69) is 9.71 Å². The molecule has 0 atom stereocenters. The summed E-state index contributed by atoms with van der Waals surface area (Å²) < 4.78 is 39.5. The van der Waals surface area contributed by atoms with E-state index in [-0.39, 0.29) is 10.7 Å². The third-order valence-corrected chi connectivity index (χ3v) is 4.00. The number of rotatable bonds is 3. The van der Waals surface area contributed by atoms with Gasteiger partial charge in [-0.15, -0.1) is 0 Å². The Balaban J connectivity index is 2.40. The van der Waals surface area contributed by atoms with Crippen LogP contribution in [-0.2, 0) is 10.0 Å². The summed E-state index contributed by atoms with van der Waals surface area (Å²) in [6.07, 6.45) is 1.18. The van der Waals surface area contributed by atoms with E-state index < -0.39 is 20.9 Å². The van der Waals surface area contributed by atoms with Gasteiger partial charge in [-0.25, -0.2) is 9.37 Å². The maximum atomic E-state index is 13.4. The Morgan fingerprint density at radius 1 is 1.21 bits per heavy atom. The van der Waals surface area contributed by atoms with Crippen molar-refractivity contribution < 1.29 is 12.8 Å². The van der Waals surface area contributed by atoms with E-state index in [9.17, 15) is 12.8 Å². The monoisotopic (exact) mass is 320 g/mol. The quantitative estimate of drug-likeness (QED) is 0.943. The van der Waals surface area contributed by atoms with Crippen LogP contribution in [0.5, 0.6) is 0 Å². The van der Waals surface area contributed by atoms with E-state index in [1.807, 2.05) is 0 Å². The van der Waals surface area contributed by atoms with E-state index in [0.29, 0.717) is 5.02 Å². The van der Waals surface area contributed by atoms with Gasteiger partial charge < -0.3 is 0 Å². The molecule has 4 nitrogen and oxygen atoms in total. The molecule has 2 rings (SSSR count). The number of hydrogen-bond donors (Lipinski definition) is 1. The summed E-state index contributed by atoms with van der Waals surface area (Å²) in [5.41, 5.74) is 0.0936. The molecule has 0 fully saturated rings. The zero-order valence-corrected chi connectivity index (χ0v) is 11.6. The molecule has 1 aromatic carbocycles. The molecular weight excluding hydrogens is 314 g/mol. The predicted octanol–water partition coefficient (Wildman–Crippen LogP) is 3.33. The van der Waals surface area contributed by atoms with Gasteiger partial charge in [0, 0.05) is 11.2 Å². The van der Waals surface area contributed by atoms with Crippen LogP contribution in [0.15, 0.2) is 41.6 Å². The van der Waals surface area contributed by atoms with Gasteiger partial charge in [0.2, 0.25) is 5.03 Å². The highest BCUT2D eigenvalue weighted by Gasteiger charge is 2.21.